The van der Waals surface area contributed by atoms with E-state index < -0.39 is 6.10 Å². The normalized spacial score (nSPS) is 12.7. The summed E-state index contributed by atoms with van der Waals surface area (Å²) < 4.78 is 10.8. The van der Waals surface area contributed by atoms with Crippen molar-refractivity contribution in [1.82, 2.24) is 15.6 Å². The molecule has 9 nitrogen and oxygen atoms in total. The molecule has 9 heteroatoms. The van der Waals surface area contributed by atoms with Gasteiger partial charge in [0.1, 0.15) is 11.4 Å². The molecule has 0 saturated heterocycles. The highest BCUT2D eigenvalue weighted by atomic mass is 16.5. The molecule has 0 fully saturated rings. The lowest BCUT2D eigenvalue weighted by molar-refractivity contribution is 0.0946. The molecule has 1 amide bonds. The Morgan fingerprint density at radius 3 is 2.59 bits per heavy atom. The van der Waals surface area contributed by atoms with Gasteiger partial charge in [-0.15, -0.1) is 0 Å². The molecule has 4 aromatic rings. The third kappa shape index (κ3) is 6.69. The number of aromatic nitrogens is 1. The second-order valence-corrected chi connectivity index (χ2v) is 9.52. The number of benzene rings is 3. The number of ether oxygens (including phenoxy) is 2. The van der Waals surface area contributed by atoms with Crippen LogP contribution in [0.3, 0.4) is 0 Å². The number of phenols is 1. The first-order valence-corrected chi connectivity index (χ1v) is 12.8. The van der Waals surface area contributed by atoms with E-state index in [1.54, 1.807) is 32.4 Å². The molecule has 0 aliphatic rings. The van der Waals surface area contributed by atoms with E-state index in [0.29, 0.717) is 41.4 Å². The van der Waals surface area contributed by atoms with E-state index >= 15 is 0 Å². The Labute approximate surface area is 227 Å². The summed E-state index contributed by atoms with van der Waals surface area (Å²) in [6.45, 7) is 2.36. The number of amides is 1. The van der Waals surface area contributed by atoms with E-state index in [9.17, 15) is 20.1 Å². The number of hydrogen-bond donors (Lipinski definition) is 6. The van der Waals surface area contributed by atoms with Crippen LogP contribution in [0, 0.1) is 0 Å². The number of fused-ring (bicyclic) bond motifs is 1. The van der Waals surface area contributed by atoms with Crippen molar-refractivity contribution in [1.29, 1.82) is 0 Å². The molecule has 206 valence electrons. The number of carbonyl (C=O) groups excluding carboxylic acids is 1. The molecular weight excluding hydrogens is 498 g/mol. The summed E-state index contributed by atoms with van der Waals surface area (Å²) in [5, 5.41) is 36.8. The Hall–Kier alpha value is -4.05. The smallest absolute Gasteiger partial charge is 0.267 e. The van der Waals surface area contributed by atoms with Gasteiger partial charge in [-0.25, -0.2) is 0 Å². The van der Waals surface area contributed by atoms with Crippen molar-refractivity contribution < 1.29 is 29.6 Å². The molecule has 1 aromatic heterocycles. The summed E-state index contributed by atoms with van der Waals surface area (Å²) >= 11 is 0. The van der Waals surface area contributed by atoms with Gasteiger partial charge in [0.05, 0.1) is 26.9 Å². The molecule has 39 heavy (non-hydrogen) atoms. The van der Waals surface area contributed by atoms with E-state index in [2.05, 4.69) is 21.7 Å². The Bertz CT molecular complexity index is 1430. The third-order valence-electron chi connectivity index (χ3n) is 6.71. The van der Waals surface area contributed by atoms with Crippen molar-refractivity contribution in [3.05, 3.63) is 88.6 Å². The quantitative estimate of drug-likeness (QED) is 0.164. The predicted molar refractivity (Wildman–Crippen MR) is 149 cm³/mol. The summed E-state index contributed by atoms with van der Waals surface area (Å²) in [4.78, 5) is 16.0. The van der Waals surface area contributed by atoms with Gasteiger partial charge in [-0.05, 0) is 60.9 Å². The number of aromatic hydroxyl groups is 1. The Balaban J connectivity index is 1.35. The summed E-state index contributed by atoms with van der Waals surface area (Å²) in [6, 6.07) is 18.2. The number of hydrogen-bond acceptors (Lipinski definition) is 7. The zero-order valence-electron chi connectivity index (χ0n) is 22.3. The van der Waals surface area contributed by atoms with Crippen LogP contribution in [0.15, 0.2) is 60.7 Å². The number of aliphatic hydroxyl groups excluding tert-OH is 2. The maximum Gasteiger partial charge on any atom is 0.267 e. The number of aromatic amines is 1. The van der Waals surface area contributed by atoms with Gasteiger partial charge >= 0.3 is 0 Å². The van der Waals surface area contributed by atoms with Crippen LogP contribution in [0.1, 0.15) is 45.8 Å². The van der Waals surface area contributed by atoms with Crippen LogP contribution in [0.5, 0.6) is 17.2 Å². The van der Waals surface area contributed by atoms with Crippen LogP contribution in [0.2, 0.25) is 0 Å². The Morgan fingerprint density at radius 2 is 1.85 bits per heavy atom. The molecule has 3 aromatic carbocycles. The lowest BCUT2D eigenvalue weighted by Gasteiger charge is -2.18. The number of methoxy groups -OCH3 is 2. The van der Waals surface area contributed by atoms with E-state index in [4.69, 9.17) is 9.47 Å². The van der Waals surface area contributed by atoms with E-state index in [1.807, 2.05) is 37.3 Å². The summed E-state index contributed by atoms with van der Waals surface area (Å²) in [7, 11) is 3.14. The van der Waals surface area contributed by atoms with Crippen LogP contribution in [0.25, 0.3) is 10.9 Å². The van der Waals surface area contributed by atoms with Crippen molar-refractivity contribution in [2.45, 2.75) is 38.6 Å². The van der Waals surface area contributed by atoms with E-state index in [-0.39, 0.29) is 24.3 Å². The number of rotatable bonds is 12. The van der Waals surface area contributed by atoms with Crippen molar-refractivity contribution in [3.63, 3.8) is 0 Å². The fourth-order valence-corrected chi connectivity index (χ4v) is 4.59. The van der Waals surface area contributed by atoms with Crippen LogP contribution in [0.4, 0.5) is 0 Å². The molecule has 0 saturated carbocycles. The monoisotopic (exact) mass is 533 g/mol. The highest BCUT2D eigenvalue weighted by molar-refractivity contribution is 5.98. The first-order valence-electron chi connectivity index (χ1n) is 12.8. The van der Waals surface area contributed by atoms with Gasteiger partial charge in [-0.1, -0.05) is 24.3 Å². The molecule has 0 radical (unpaired) electrons. The van der Waals surface area contributed by atoms with Crippen LogP contribution < -0.4 is 20.1 Å². The van der Waals surface area contributed by atoms with Gasteiger partial charge in [0, 0.05) is 41.2 Å². The van der Waals surface area contributed by atoms with Gasteiger partial charge < -0.3 is 40.4 Å². The Morgan fingerprint density at radius 1 is 1.03 bits per heavy atom. The molecule has 2 atom stereocenters. The predicted octanol–water partition coefficient (Wildman–Crippen LogP) is 3.57. The summed E-state index contributed by atoms with van der Waals surface area (Å²) in [5.74, 6) is 0.986. The number of para-hydroxylation sites is 1. The topological polar surface area (TPSA) is 136 Å². The molecule has 0 aliphatic heterocycles. The first-order chi connectivity index (χ1) is 18.8. The lowest BCUT2D eigenvalue weighted by Crippen LogP contribution is -2.32. The van der Waals surface area contributed by atoms with E-state index in [1.165, 1.54) is 6.07 Å². The molecule has 6 N–H and O–H groups in total. The fraction of sp³-hybridized carbons (Fsp3) is 0.300. The van der Waals surface area contributed by atoms with E-state index in [0.717, 1.165) is 28.5 Å². The van der Waals surface area contributed by atoms with Gasteiger partial charge in [0.2, 0.25) is 0 Å². The average molecular weight is 534 g/mol. The van der Waals surface area contributed by atoms with Gasteiger partial charge in [0.25, 0.3) is 5.91 Å². The largest absolute Gasteiger partial charge is 0.508 e. The van der Waals surface area contributed by atoms with Crippen LogP contribution in [-0.2, 0) is 19.6 Å². The van der Waals surface area contributed by atoms with Crippen LogP contribution in [-0.4, -0.2) is 53.0 Å². The lowest BCUT2D eigenvalue weighted by atomic mass is 10.0. The summed E-state index contributed by atoms with van der Waals surface area (Å²) in [5.41, 5.74) is 4.25. The zero-order valence-corrected chi connectivity index (χ0v) is 22.3. The number of carbonyl (C=O) groups is 1. The third-order valence-corrected chi connectivity index (χ3v) is 6.71. The highest BCUT2D eigenvalue weighted by Crippen LogP contribution is 2.30. The van der Waals surface area contributed by atoms with Gasteiger partial charge in [-0.3, -0.25) is 4.79 Å². The maximum atomic E-state index is 12.9. The highest BCUT2D eigenvalue weighted by Gasteiger charge is 2.15. The minimum Gasteiger partial charge on any atom is -0.508 e. The first kappa shape index (κ1) is 28.0. The number of H-pyrrole nitrogens is 1. The molecule has 0 spiro atoms. The second kappa shape index (κ2) is 12.7. The van der Waals surface area contributed by atoms with Crippen LogP contribution >= 0.6 is 0 Å². The van der Waals surface area contributed by atoms with Gasteiger partial charge in [-0.2, -0.15) is 0 Å². The maximum absolute atomic E-state index is 12.9. The standard InChI is InChI=1S/C30H35N3O6/c1-18(31-16-27(36)20-8-10-26(35)23(13-20)17-34)11-19-7-9-24-22(12-19)14-25(33-24)30(37)32-15-21-5-4-6-28(38-2)29(21)39-3/h4-10,12-14,18,27,31,33-36H,11,15-17H2,1-3H3,(H,32,37)/t18-,27+/m1/s1. The van der Waals surface area contributed by atoms with Crippen molar-refractivity contribution in [2.75, 3.05) is 20.8 Å². The molecule has 1 heterocycles. The van der Waals surface area contributed by atoms with Gasteiger partial charge in [0.15, 0.2) is 11.5 Å². The molecule has 0 aliphatic carbocycles. The minimum absolute atomic E-state index is 0.00709. The molecule has 0 unspecified atom stereocenters. The molecule has 4 rings (SSSR count). The molecular formula is C30H35N3O6. The van der Waals surface area contributed by atoms with Crippen molar-refractivity contribution in [2.24, 2.45) is 0 Å². The minimum atomic E-state index is -0.775. The zero-order chi connectivity index (χ0) is 27.9. The number of nitrogens with one attached hydrogen (secondary N) is 3. The number of aliphatic hydroxyl groups is 2. The second-order valence-electron chi connectivity index (χ2n) is 9.52. The SMILES string of the molecule is COc1cccc(CNC(=O)c2cc3cc(C[C@@H](C)NC[C@H](O)c4ccc(O)c(CO)c4)ccc3[nH]2)c1OC. The fourth-order valence-electron chi connectivity index (χ4n) is 4.59. The Kier molecular flexibility index (Phi) is 9.08. The summed E-state index contributed by atoms with van der Waals surface area (Å²) in [6.07, 6.45) is -0.0498. The average Bonchev–Trinajstić information content (AvgIpc) is 3.38. The van der Waals surface area contributed by atoms with Crippen molar-refractivity contribution in [3.8, 4) is 17.2 Å². The van der Waals surface area contributed by atoms with Crippen molar-refractivity contribution >= 4 is 16.8 Å². The molecule has 0 bridgehead atoms.